The Labute approximate surface area is 142 Å². The molecule has 2 fully saturated rings. The maximum Gasteiger partial charge on any atom is 0.329 e. The molecule has 1 aliphatic carbocycles. The Morgan fingerprint density at radius 1 is 1.32 bits per heavy atom. The fraction of sp³-hybridized carbons (Fsp3) is 0.529. The fourth-order valence-electron chi connectivity index (χ4n) is 3.88. The topological polar surface area (TPSA) is 84.1 Å². The molecule has 134 valence electrons. The van der Waals surface area contributed by atoms with Gasteiger partial charge in [-0.25, -0.2) is 9.18 Å². The van der Waals surface area contributed by atoms with Gasteiger partial charge in [-0.1, -0.05) is 0 Å². The number of aryl methyl sites for hydroxylation is 1. The van der Waals surface area contributed by atoms with Crippen molar-refractivity contribution < 1.29 is 8.78 Å². The average Bonchev–Trinajstić information content (AvgIpc) is 3.31. The largest absolute Gasteiger partial charge is 0.367 e. The zero-order valence-corrected chi connectivity index (χ0v) is 13.9. The van der Waals surface area contributed by atoms with Crippen molar-refractivity contribution in [2.45, 2.75) is 31.8 Å². The van der Waals surface area contributed by atoms with Gasteiger partial charge in [-0.05, 0) is 25.8 Å². The van der Waals surface area contributed by atoms with Crippen LogP contribution in [0, 0.1) is 18.7 Å². The molecule has 0 radical (unpaired) electrons. The molecule has 0 spiro atoms. The molecule has 2 heterocycles. The van der Waals surface area contributed by atoms with Gasteiger partial charge in [0.15, 0.2) is 0 Å². The Kier molecular flexibility index (Phi) is 3.68. The summed E-state index contributed by atoms with van der Waals surface area (Å²) in [4.78, 5) is 28.4. The molecule has 1 saturated carbocycles. The smallest absolute Gasteiger partial charge is 0.329 e. The monoisotopic (exact) mass is 350 g/mol. The van der Waals surface area contributed by atoms with E-state index < -0.39 is 23.7 Å². The number of nitrogens with two attached hydrogens (primary N) is 1. The van der Waals surface area contributed by atoms with Crippen LogP contribution < -0.4 is 21.9 Å². The summed E-state index contributed by atoms with van der Waals surface area (Å²) < 4.78 is 29.4. The van der Waals surface area contributed by atoms with Crippen LogP contribution in [0.1, 0.15) is 24.4 Å². The highest BCUT2D eigenvalue weighted by atomic mass is 19.1. The minimum Gasteiger partial charge on any atom is -0.367 e. The first-order valence-electron chi connectivity index (χ1n) is 8.46. The van der Waals surface area contributed by atoms with Crippen LogP contribution in [0.15, 0.2) is 15.7 Å². The maximum absolute atomic E-state index is 14.8. The van der Waals surface area contributed by atoms with Gasteiger partial charge in [0.1, 0.15) is 5.82 Å². The Morgan fingerprint density at radius 2 is 2.04 bits per heavy atom. The van der Waals surface area contributed by atoms with E-state index in [1.54, 1.807) is 16.4 Å². The third-order valence-electron chi connectivity index (χ3n) is 5.31. The SMILES string of the molecule is Cc1c(N2C[C@H](CF)[C@@H](N)C2)c(F)cc2c(=O)[nH]c(=O)n(C3CC3)c12. The molecule has 1 aromatic carbocycles. The standard InChI is InChI=1S/C17H20F2N4O2/c1-8-14-11(16(24)21-17(25)23(14)10-2-3-10)4-12(19)15(8)22-6-9(5-18)13(20)7-22/h4,9-10,13H,2-3,5-7,20H2,1H3,(H,21,24,25)/t9-,13-/m0/s1. The number of rotatable bonds is 3. The highest BCUT2D eigenvalue weighted by Gasteiger charge is 2.34. The van der Waals surface area contributed by atoms with E-state index in [1.165, 1.54) is 6.07 Å². The second kappa shape index (κ2) is 5.66. The number of nitrogens with zero attached hydrogens (tertiary/aromatic N) is 2. The maximum atomic E-state index is 14.8. The summed E-state index contributed by atoms with van der Waals surface area (Å²) >= 11 is 0. The van der Waals surface area contributed by atoms with Gasteiger partial charge in [-0.3, -0.25) is 18.7 Å². The third kappa shape index (κ3) is 2.47. The lowest BCUT2D eigenvalue weighted by atomic mass is 10.1. The highest BCUT2D eigenvalue weighted by molar-refractivity contribution is 5.87. The number of H-pyrrole nitrogens is 1. The fourth-order valence-corrected chi connectivity index (χ4v) is 3.88. The number of anilines is 1. The number of nitrogens with one attached hydrogen (secondary N) is 1. The summed E-state index contributed by atoms with van der Waals surface area (Å²) in [5.41, 5.74) is 6.18. The van der Waals surface area contributed by atoms with Crippen LogP contribution in [0.3, 0.4) is 0 Å². The summed E-state index contributed by atoms with van der Waals surface area (Å²) in [5.74, 6) is -0.900. The van der Waals surface area contributed by atoms with Crippen LogP contribution in [0.25, 0.3) is 10.9 Å². The Morgan fingerprint density at radius 3 is 2.64 bits per heavy atom. The number of fused-ring (bicyclic) bond motifs is 1. The van der Waals surface area contributed by atoms with E-state index in [4.69, 9.17) is 5.73 Å². The molecule has 1 aliphatic heterocycles. The van der Waals surface area contributed by atoms with Crippen LogP contribution in [-0.4, -0.2) is 35.4 Å². The average molecular weight is 350 g/mol. The van der Waals surface area contributed by atoms with E-state index >= 15 is 0 Å². The van der Waals surface area contributed by atoms with E-state index in [2.05, 4.69) is 4.98 Å². The minimum atomic E-state index is -0.592. The Hall–Kier alpha value is -2.22. The van der Waals surface area contributed by atoms with Crippen molar-refractivity contribution in [2.75, 3.05) is 24.7 Å². The predicted octanol–water partition coefficient (Wildman–Crippen LogP) is 1.21. The third-order valence-corrected chi connectivity index (χ3v) is 5.31. The van der Waals surface area contributed by atoms with Gasteiger partial charge < -0.3 is 10.6 Å². The lowest BCUT2D eigenvalue weighted by molar-refractivity contribution is 0.360. The molecule has 4 rings (SSSR count). The first kappa shape index (κ1) is 16.3. The summed E-state index contributed by atoms with van der Waals surface area (Å²) in [6.07, 6.45) is 1.71. The molecule has 2 atom stereocenters. The van der Waals surface area contributed by atoms with E-state index in [-0.39, 0.29) is 23.4 Å². The van der Waals surface area contributed by atoms with E-state index in [9.17, 15) is 18.4 Å². The zero-order chi connectivity index (χ0) is 17.9. The van der Waals surface area contributed by atoms with E-state index in [0.29, 0.717) is 29.9 Å². The predicted molar refractivity (Wildman–Crippen MR) is 91.4 cm³/mol. The molecular weight excluding hydrogens is 330 g/mol. The number of aromatic amines is 1. The van der Waals surface area contributed by atoms with Crippen LogP contribution in [-0.2, 0) is 0 Å². The molecule has 3 N–H and O–H groups in total. The van der Waals surface area contributed by atoms with Gasteiger partial charge >= 0.3 is 5.69 Å². The molecule has 6 nitrogen and oxygen atoms in total. The van der Waals surface area contributed by atoms with Crippen molar-refractivity contribution in [3.05, 3.63) is 38.3 Å². The number of aromatic nitrogens is 2. The summed E-state index contributed by atoms with van der Waals surface area (Å²) in [6, 6.07) is 0.830. The first-order chi connectivity index (χ1) is 11.9. The number of alkyl halides is 1. The van der Waals surface area contributed by atoms with Crippen molar-refractivity contribution in [3.8, 4) is 0 Å². The molecule has 1 aromatic heterocycles. The van der Waals surface area contributed by atoms with Crippen molar-refractivity contribution in [2.24, 2.45) is 11.7 Å². The van der Waals surface area contributed by atoms with Crippen LogP contribution >= 0.6 is 0 Å². The molecule has 1 saturated heterocycles. The van der Waals surface area contributed by atoms with Crippen molar-refractivity contribution >= 4 is 16.6 Å². The first-order valence-corrected chi connectivity index (χ1v) is 8.46. The quantitative estimate of drug-likeness (QED) is 0.871. The molecule has 2 aliphatic rings. The van der Waals surface area contributed by atoms with Crippen molar-refractivity contribution in [3.63, 3.8) is 0 Å². The molecule has 2 aromatic rings. The van der Waals surface area contributed by atoms with Gasteiger partial charge in [-0.15, -0.1) is 0 Å². The van der Waals surface area contributed by atoms with Gasteiger partial charge in [0.25, 0.3) is 5.56 Å². The molecule has 25 heavy (non-hydrogen) atoms. The van der Waals surface area contributed by atoms with Crippen LogP contribution in [0.4, 0.5) is 14.5 Å². The molecule has 0 bridgehead atoms. The lowest BCUT2D eigenvalue weighted by Gasteiger charge is -2.23. The van der Waals surface area contributed by atoms with Gasteiger partial charge in [0.05, 0.1) is 23.3 Å². The molecule has 8 heteroatoms. The number of hydrogen-bond acceptors (Lipinski definition) is 4. The van der Waals surface area contributed by atoms with E-state index in [0.717, 1.165) is 12.8 Å². The minimum absolute atomic E-state index is 0.0308. The molecule has 0 unspecified atom stereocenters. The molecule has 0 amide bonds. The number of halogens is 2. The summed E-state index contributed by atoms with van der Waals surface area (Å²) in [6.45, 7) is 1.80. The van der Waals surface area contributed by atoms with E-state index in [1.807, 2.05) is 0 Å². The van der Waals surface area contributed by atoms with Crippen molar-refractivity contribution in [1.82, 2.24) is 9.55 Å². The second-order valence-electron chi connectivity index (χ2n) is 7.07. The second-order valence-corrected chi connectivity index (χ2v) is 7.07. The number of benzene rings is 1. The lowest BCUT2D eigenvalue weighted by Crippen LogP contribution is -2.32. The number of hydrogen-bond donors (Lipinski definition) is 2. The Bertz CT molecular complexity index is 964. The summed E-state index contributed by atoms with van der Waals surface area (Å²) in [7, 11) is 0. The van der Waals surface area contributed by atoms with Gasteiger partial charge in [0, 0.05) is 36.7 Å². The summed E-state index contributed by atoms with van der Waals surface area (Å²) in [5, 5.41) is 0.163. The zero-order valence-electron chi connectivity index (χ0n) is 13.9. The van der Waals surface area contributed by atoms with Crippen LogP contribution in [0.2, 0.25) is 0 Å². The van der Waals surface area contributed by atoms with Gasteiger partial charge in [0.2, 0.25) is 0 Å². The normalized spacial score (nSPS) is 23.6. The Balaban J connectivity index is 1.96. The highest BCUT2D eigenvalue weighted by Crippen LogP contribution is 2.39. The van der Waals surface area contributed by atoms with Gasteiger partial charge in [-0.2, -0.15) is 0 Å². The molecular formula is C17H20F2N4O2. The van der Waals surface area contributed by atoms with Crippen molar-refractivity contribution in [1.29, 1.82) is 0 Å². The van der Waals surface area contributed by atoms with Crippen LogP contribution in [0.5, 0.6) is 0 Å².